The zero-order chi connectivity index (χ0) is 17.9. The summed E-state index contributed by atoms with van der Waals surface area (Å²) in [6.07, 6.45) is 0. The monoisotopic (exact) mass is 416 g/mol. The first-order valence-electron chi connectivity index (χ1n) is 3.26. The van der Waals surface area contributed by atoms with Crippen molar-refractivity contribution in [1.82, 2.24) is 0 Å². The van der Waals surface area contributed by atoms with Crippen molar-refractivity contribution < 1.29 is 70.3 Å². The van der Waals surface area contributed by atoms with Crippen molar-refractivity contribution in [1.29, 1.82) is 0 Å². The Bertz CT molecular complexity index is 207. The summed E-state index contributed by atoms with van der Waals surface area (Å²) in [6, 6.07) is 0. The van der Waals surface area contributed by atoms with Crippen molar-refractivity contribution in [2.45, 2.75) is 0 Å². The van der Waals surface area contributed by atoms with E-state index in [4.69, 9.17) is 70.3 Å². The fourth-order valence-corrected chi connectivity index (χ4v) is 0. The van der Waals surface area contributed by atoms with Gasteiger partial charge >= 0.3 is 68.9 Å². The van der Waals surface area contributed by atoms with Gasteiger partial charge in [-0.15, -0.1) is 0 Å². The molecule has 0 aromatic heterocycles. The Hall–Kier alpha value is -1.15. The fraction of sp³-hybridized carbons (Fsp3) is 0. The molecule has 0 saturated carbocycles. The summed E-state index contributed by atoms with van der Waals surface area (Å²) in [6.45, 7) is 0. The van der Waals surface area contributed by atoms with Crippen LogP contribution >= 0.6 is 0 Å². The van der Waals surface area contributed by atoms with Crippen LogP contribution in [-0.4, -0.2) is 117 Å². The minimum Gasteiger partial charge on any atom is -0.511 e. The zero-order valence-corrected chi connectivity index (χ0v) is 14.0. The summed E-state index contributed by atoms with van der Waals surface area (Å²) in [4.78, 5) is 71.6. The highest BCUT2D eigenvalue weighted by Gasteiger charge is 1.86. The van der Waals surface area contributed by atoms with E-state index in [2.05, 4.69) is 0 Å². The van der Waals surface area contributed by atoms with Crippen molar-refractivity contribution in [3.8, 4) is 0 Å². The molecular formula is H12MgO15Si5. The van der Waals surface area contributed by atoms with E-state index in [0.29, 0.717) is 0 Å². The van der Waals surface area contributed by atoms with Crippen LogP contribution in [0.2, 0.25) is 0 Å². The molecule has 0 aromatic rings. The molecule has 0 rings (SSSR count). The van der Waals surface area contributed by atoms with Crippen LogP contribution in [0.1, 0.15) is 0 Å². The molecule has 0 amide bonds. The first-order chi connectivity index (χ1) is 8.66. The van der Waals surface area contributed by atoms with Gasteiger partial charge in [0.25, 0.3) is 0 Å². The summed E-state index contributed by atoms with van der Waals surface area (Å²) in [5.41, 5.74) is 0. The van der Waals surface area contributed by atoms with Gasteiger partial charge in [-0.05, 0) is 0 Å². The summed E-state index contributed by atoms with van der Waals surface area (Å²) in [5, 5.41) is 0. The molecule has 124 valence electrons. The van der Waals surface area contributed by atoms with Gasteiger partial charge in [0.15, 0.2) is 0 Å². The molecule has 0 heterocycles. The predicted molar refractivity (Wildman–Crippen MR) is 62.9 cm³/mol. The largest absolute Gasteiger partial charge is 0.761 e. The topological polar surface area (TPSA) is 288 Å². The molecule has 0 aliphatic carbocycles. The lowest BCUT2D eigenvalue weighted by Gasteiger charge is -1.55. The quantitative estimate of drug-likeness (QED) is 0.164. The average molecular weight is 417 g/mol. The van der Waals surface area contributed by atoms with Crippen LogP contribution in [0.4, 0.5) is 0 Å². The molecule has 0 aromatic carbocycles. The maximum atomic E-state index is 8.74. The summed E-state index contributed by atoms with van der Waals surface area (Å²) < 4.78 is 43.7. The second kappa shape index (κ2) is 31.3. The van der Waals surface area contributed by atoms with Crippen molar-refractivity contribution >= 4 is 68.9 Å². The van der Waals surface area contributed by atoms with Gasteiger partial charge < -0.3 is 48.0 Å². The van der Waals surface area contributed by atoms with Gasteiger partial charge in [-0.25, -0.2) is 0 Å². The first kappa shape index (κ1) is 36.8. The number of hydrogen-bond donors (Lipinski definition) is 10. The van der Waals surface area contributed by atoms with Crippen LogP contribution in [-0.2, 0) is 22.3 Å². The van der Waals surface area contributed by atoms with E-state index >= 15 is 0 Å². The second-order valence-corrected chi connectivity index (χ2v) is 4.24. The highest BCUT2D eigenvalue weighted by atomic mass is 28.3. The Labute approximate surface area is 139 Å². The highest BCUT2D eigenvalue weighted by Crippen LogP contribution is 1.28. The number of rotatable bonds is 0. The van der Waals surface area contributed by atoms with Crippen molar-refractivity contribution in [2.24, 2.45) is 0 Å². The van der Waals surface area contributed by atoms with Gasteiger partial charge in [0.05, 0.1) is 0 Å². The van der Waals surface area contributed by atoms with E-state index in [1.807, 2.05) is 0 Å². The molecule has 21 heteroatoms. The van der Waals surface area contributed by atoms with Crippen LogP contribution in [0.15, 0.2) is 0 Å². The van der Waals surface area contributed by atoms with Crippen molar-refractivity contribution in [3.05, 3.63) is 0 Å². The highest BCUT2D eigenvalue weighted by molar-refractivity contribution is 6.22. The standard InChI is InChI=1S/Mg.5H2O3Si.2H/c;5*1-4(2)3;;/h;5*1-2H;;. The molecule has 21 heavy (non-hydrogen) atoms. The Morgan fingerprint density at radius 3 is 0.333 bits per heavy atom. The maximum absolute atomic E-state index is 8.74. The minimum atomic E-state index is -3.13. The molecule has 0 fully saturated rings. The van der Waals surface area contributed by atoms with E-state index in [1.54, 1.807) is 0 Å². The molecule has 0 radical (unpaired) electrons. The van der Waals surface area contributed by atoms with Crippen LogP contribution < -0.4 is 0 Å². The average Bonchev–Trinajstić information content (AvgIpc) is 1.94. The van der Waals surface area contributed by atoms with Crippen molar-refractivity contribution in [2.75, 3.05) is 0 Å². The van der Waals surface area contributed by atoms with Gasteiger partial charge in [-0.3, -0.25) is 22.3 Å². The fourth-order valence-electron chi connectivity index (χ4n) is 0. The van der Waals surface area contributed by atoms with Crippen LogP contribution in [0.25, 0.3) is 0 Å². The summed E-state index contributed by atoms with van der Waals surface area (Å²) in [7, 11) is -15.6. The molecule has 10 N–H and O–H groups in total. The van der Waals surface area contributed by atoms with Gasteiger partial charge in [-0.2, -0.15) is 0 Å². The molecular weight excluding hydrogens is 405 g/mol. The lowest BCUT2D eigenvalue weighted by molar-refractivity contribution is 0.328. The Morgan fingerprint density at radius 1 is 0.333 bits per heavy atom. The third-order valence-electron chi connectivity index (χ3n) is 0. The second-order valence-electron chi connectivity index (χ2n) is 1.41. The molecule has 0 aliphatic rings. The van der Waals surface area contributed by atoms with Crippen LogP contribution in [0.5, 0.6) is 0 Å². The zero-order valence-electron chi connectivity index (χ0n) is 9.01. The Kier molecular flexibility index (Phi) is 54.8. The molecule has 15 nitrogen and oxygen atoms in total. The third-order valence-corrected chi connectivity index (χ3v) is 0. The number of hydrogen-bond acceptors (Lipinski definition) is 5. The third kappa shape index (κ3) is 4050. The van der Waals surface area contributed by atoms with Crippen molar-refractivity contribution in [3.63, 3.8) is 0 Å². The summed E-state index contributed by atoms with van der Waals surface area (Å²) in [5.74, 6) is 0. The van der Waals surface area contributed by atoms with Gasteiger partial charge in [-0.1, -0.05) is 0 Å². The molecule has 0 aliphatic heterocycles. The van der Waals surface area contributed by atoms with Gasteiger partial charge in [0, 0.05) is 0 Å². The van der Waals surface area contributed by atoms with Gasteiger partial charge in [0.2, 0.25) is 0 Å². The molecule has 0 atom stereocenters. The minimum absolute atomic E-state index is 0. The van der Waals surface area contributed by atoms with Crippen LogP contribution in [0, 0.1) is 0 Å². The Balaban J connectivity index is -0.0000000331. The van der Waals surface area contributed by atoms with E-state index in [-0.39, 0.29) is 23.1 Å². The lowest BCUT2D eigenvalue weighted by atomic mass is 15.8. The van der Waals surface area contributed by atoms with E-state index < -0.39 is 45.9 Å². The SMILES string of the molecule is O=[Si](O)O.O=[Si](O)O.O=[Si](O)O.O=[Si](O)O.O=[Si](O)O.[MgH2]. The molecule has 0 bridgehead atoms. The molecule has 0 spiro atoms. The molecule has 0 saturated heterocycles. The smallest absolute Gasteiger partial charge is 0.511 e. The normalized spacial score (nSPS) is 5.71. The van der Waals surface area contributed by atoms with E-state index in [9.17, 15) is 0 Å². The predicted octanol–water partition coefficient (Wildman–Crippen LogP) is -8.98. The lowest BCUT2D eigenvalue weighted by Crippen LogP contribution is -1.90. The van der Waals surface area contributed by atoms with E-state index in [0.717, 1.165) is 0 Å². The van der Waals surface area contributed by atoms with E-state index in [1.165, 1.54) is 0 Å². The molecule has 0 unspecified atom stereocenters. The summed E-state index contributed by atoms with van der Waals surface area (Å²) >= 11 is 0. The van der Waals surface area contributed by atoms with Crippen LogP contribution in [0.3, 0.4) is 0 Å². The Morgan fingerprint density at radius 2 is 0.333 bits per heavy atom. The maximum Gasteiger partial charge on any atom is 0.761 e. The van der Waals surface area contributed by atoms with Gasteiger partial charge in [0.1, 0.15) is 0 Å². The first-order valence-corrected chi connectivity index (χ1v) is 9.77.